The zero-order valence-corrected chi connectivity index (χ0v) is 16.0. The van der Waals surface area contributed by atoms with Gasteiger partial charge in [0.1, 0.15) is 5.82 Å². The summed E-state index contributed by atoms with van der Waals surface area (Å²) < 4.78 is 13.0. The van der Waals surface area contributed by atoms with Gasteiger partial charge in [-0.15, -0.1) is 0 Å². The molecule has 0 aliphatic carbocycles. The van der Waals surface area contributed by atoms with Gasteiger partial charge in [0.25, 0.3) is 0 Å². The number of rotatable bonds is 7. The molecule has 1 aromatic rings. The molecule has 140 valence electrons. The van der Waals surface area contributed by atoms with Crippen LogP contribution in [0.1, 0.15) is 38.2 Å². The highest BCUT2D eigenvalue weighted by molar-refractivity contribution is 5.79. The Labute approximate surface area is 152 Å². The molecule has 2 rings (SSSR count). The van der Waals surface area contributed by atoms with E-state index in [0.717, 1.165) is 30.4 Å². The van der Waals surface area contributed by atoms with Crippen LogP contribution >= 0.6 is 0 Å². The summed E-state index contributed by atoms with van der Waals surface area (Å²) in [5.74, 6) is 1.59. The second-order valence-electron chi connectivity index (χ2n) is 7.19. The molecule has 1 aliphatic rings. The normalized spacial score (nSPS) is 16.9. The number of unbranched alkanes of at least 4 members (excludes halogenated alkanes) is 1. The third-order valence-corrected chi connectivity index (χ3v) is 4.97. The van der Waals surface area contributed by atoms with E-state index in [4.69, 9.17) is 0 Å². The van der Waals surface area contributed by atoms with Crippen molar-refractivity contribution in [3.63, 3.8) is 0 Å². The van der Waals surface area contributed by atoms with Crippen molar-refractivity contribution in [2.75, 3.05) is 40.3 Å². The van der Waals surface area contributed by atoms with E-state index in [0.29, 0.717) is 6.54 Å². The number of nitrogens with one attached hydrogen (secondary N) is 1. The highest BCUT2D eigenvalue weighted by atomic mass is 19.1. The number of hydrogen-bond donors (Lipinski definition) is 1. The summed E-state index contributed by atoms with van der Waals surface area (Å²) in [5.41, 5.74) is 1.08. The lowest BCUT2D eigenvalue weighted by Gasteiger charge is -2.30. The maximum Gasteiger partial charge on any atom is 0.193 e. The molecule has 0 atom stereocenters. The van der Waals surface area contributed by atoms with Gasteiger partial charge in [-0.2, -0.15) is 0 Å². The second kappa shape index (κ2) is 10.4. The van der Waals surface area contributed by atoms with Gasteiger partial charge in [0.05, 0.1) is 0 Å². The number of piperidine rings is 1. The fourth-order valence-electron chi connectivity index (χ4n) is 3.27. The molecule has 4 nitrogen and oxygen atoms in total. The molecule has 0 saturated carbocycles. The second-order valence-corrected chi connectivity index (χ2v) is 7.19. The van der Waals surface area contributed by atoms with Crippen LogP contribution in [0.25, 0.3) is 0 Å². The molecule has 0 amide bonds. The first-order chi connectivity index (χ1) is 12.1. The van der Waals surface area contributed by atoms with Crippen molar-refractivity contribution in [2.24, 2.45) is 10.9 Å². The van der Waals surface area contributed by atoms with E-state index in [-0.39, 0.29) is 5.82 Å². The fraction of sp³-hybridized carbons (Fsp3) is 0.650. The van der Waals surface area contributed by atoms with Crippen molar-refractivity contribution in [1.82, 2.24) is 15.1 Å². The molecule has 0 radical (unpaired) electrons. The van der Waals surface area contributed by atoms with Gasteiger partial charge in [0.2, 0.25) is 0 Å². The van der Waals surface area contributed by atoms with Crippen molar-refractivity contribution >= 4 is 5.96 Å². The van der Waals surface area contributed by atoms with Gasteiger partial charge in [0.15, 0.2) is 5.96 Å². The molecule has 0 aromatic heterocycles. The van der Waals surface area contributed by atoms with Gasteiger partial charge in [-0.25, -0.2) is 4.39 Å². The van der Waals surface area contributed by atoms with Crippen molar-refractivity contribution in [3.8, 4) is 0 Å². The first kappa shape index (κ1) is 19.7. The third kappa shape index (κ3) is 7.02. The summed E-state index contributed by atoms with van der Waals surface area (Å²) in [4.78, 5) is 9.01. The Balaban J connectivity index is 1.63. The summed E-state index contributed by atoms with van der Waals surface area (Å²) in [6.07, 6.45) is 5.06. The number of aliphatic imine (C=N–C) groups is 1. The summed E-state index contributed by atoms with van der Waals surface area (Å²) in [5, 5.41) is 3.43. The van der Waals surface area contributed by atoms with Crippen LogP contribution in [-0.2, 0) is 6.54 Å². The lowest BCUT2D eigenvalue weighted by atomic mass is 9.99. The topological polar surface area (TPSA) is 30.9 Å². The van der Waals surface area contributed by atoms with Crippen LogP contribution in [0.15, 0.2) is 29.3 Å². The van der Waals surface area contributed by atoms with Crippen molar-refractivity contribution < 1.29 is 4.39 Å². The maximum absolute atomic E-state index is 13.0. The number of nitrogens with zero attached hydrogens (tertiary/aromatic N) is 3. The fourth-order valence-corrected chi connectivity index (χ4v) is 3.27. The van der Waals surface area contributed by atoms with Crippen LogP contribution in [0.4, 0.5) is 4.39 Å². The van der Waals surface area contributed by atoms with E-state index >= 15 is 0 Å². The average Bonchev–Trinajstić information content (AvgIpc) is 2.61. The molecule has 0 unspecified atom stereocenters. The smallest absolute Gasteiger partial charge is 0.193 e. The first-order valence-electron chi connectivity index (χ1n) is 9.47. The highest BCUT2D eigenvalue weighted by Gasteiger charge is 2.14. The van der Waals surface area contributed by atoms with Crippen LogP contribution < -0.4 is 5.32 Å². The van der Waals surface area contributed by atoms with E-state index in [1.54, 1.807) is 7.05 Å². The van der Waals surface area contributed by atoms with E-state index < -0.39 is 0 Å². The molecular weight excluding hydrogens is 315 g/mol. The predicted molar refractivity (Wildman–Crippen MR) is 103 cm³/mol. The monoisotopic (exact) mass is 348 g/mol. The van der Waals surface area contributed by atoms with Crippen LogP contribution in [0.3, 0.4) is 0 Å². The predicted octanol–water partition coefficient (Wildman–Crippen LogP) is 3.35. The molecule has 1 aliphatic heterocycles. The Morgan fingerprint density at radius 3 is 2.56 bits per heavy atom. The number of benzene rings is 1. The Kier molecular flexibility index (Phi) is 8.19. The van der Waals surface area contributed by atoms with Gasteiger partial charge in [-0.1, -0.05) is 19.1 Å². The van der Waals surface area contributed by atoms with E-state index in [9.17, 15) is 4.39 Å². The molecule has 5 heteroatoms. The summed E-state index contributed by atoms with van der Waals surface area (Å²) in [6, 6.07) is 6.64. The lowest BCUT2D eigenvalue weighted by Crippen LogP contribution is -2.39. The van der Waals surface area contributed by atoms with Crippen LogP contribution in [0.5, 0.6) is 0 Å². The number of hydrogen-bond acceptors (Lipinski definition) is 2. The minimum absolute atomic E-state index is 0.197. The SMILES string of the molecule is CN=C(NCCCCN1CCC(C)CC1)N(C)Cc1ccc(F)cc1. The Morgan fingerprint density at radius 2 is 1.92 bits per heavy atom. The van der Waals surface area contributed by atoms with E-state index in [2.05, 4.69) is 27.0 Å². The summed E-state index contributed by atoms with van der Waals surface area (Å²) in [7, 11) is 3.81. The minimum atomic E-state index is -0.197. The Hall–Kier alpha value is -1.62. The molecule has 1 fully saturated rings. The molecular formula is C20H33FN4. The van der Waals surface area contributed by atoms with E-state index in [1.165, 1.54) is 51.0 Å². The van der Waals surface area contributed by atoms with E-state index in [1.807, 2.05) is 19.2 Å². The van der Waals surface area contributed by atoms with Crippen molar-refractivity contribution in [1.29, 1.82) is 0 Å². The molecule has 25 heavy (non-hydrogen) atoms. The quantitative estimate of drug-likeness (QED) is 0.466. The van der Waals surface area contributed by atoms with Gasteiger partial charge in [-0.3, -0.25) is 4.99 Å². The Bertz CT molecular complexity index is 521. The maximum atomic E-state index is 13.0. The molecule has 1 heterocycles. The van der Waals surface area contributed by atoms with Gasteiger partial charge in [0, 0.05) is 27.2 Å². The lowest BCUT2D eigenvalue weighted by molar-refractivity contribution is 0.189. The summed E-state index contributed by atoms with van der Waals surface area (Å²) >= 11 is 0. The van der Waals surface area contributed by atoms with Gasteiger partial charge in [-0.05, 0) is 68.9 Å². The third-order valence-electron chi connectivity index (χ3n) is 4.97. The molecule has 1 aromatic carbocycles. The van der Waals surface area contributed by atoms with Crippen molar-refractivity contribution in [2.45, 2.75) is 39.2 Å². The first-order valence-corrected chi connectivity index (χ1v) is 9.47. The number of likely N-dealkylation sites (tertiary alicyclic amines) is 1. The molecule has 0 spiro atoms. The van der Waals surface area contributed by atoms with Crippen LogP contribution in [0, 0.1) is 11.7 Å². The number of guanidine groups is 1. The minimum Gasteiger partial charge on any atom is -0.356 e. The van der Waals surface area contributed by atoms with Gasteiger partial charge < -0.3 is 15.1 Å². The zero-order chi connectivity index (χ0) is 18.1. The molecule has 1 N–H and O–H groups in total. The highest BCUT2D eigenvalue weighted by Crippen LogP contribution is 2.16. The van der Waals surface area contributed by atoms with Crippen molar-refractivity contribution in [3.05, 3.63) is 35.6 Å². The van der Waals surface area contributed by atoms with Gasteiger partial charge >= 0.3 is 0 Å². The Morgan fingerprint density at radius 1 is 1.24 bits per heavy atom. The largest absolute Gasteiger partial charge is 0.356 e. The number of halogens is 1. The zero-order valence-electron chi connectivity index (χ0n) is 16.0. The van der Waals surface area contributed by atoms with Crippen LogP contribution in [0.2, 0.25) is 0 Å². The standard InChI is InChI=1S/C20H33FN4/c1-17-10-14-25(15-11-17)13-5-4-12-23-20(22-2)24(3)16-18-6-8-19(21)9-7-18/h6-9,17H,4-5,10-16H2,1-3H3,(H,22,23). The van der Waals surface area contributed by atoms with Crippen LogP contribution in [-0.4, -0.2) is 56.0 Å². The average molecular weight is 349 g/mol. The summed E-state index contributed by atoms with van der Waals surface area (Å²) in [6.45, 7) is 7.73. The molecule has 0 bridgehead atoms. The molecule has 1 saturated heterocycles.